The summed E-state index contributed by atoms with van der Waals surface area (Å²) in [6, 6.07) is 6.79. The first-order chi connectivity index (χ1) is 12.3. The number of rotatable bonds is 3. The summed E-state index contributed by atoms with van der Waals surface area (Å²) in [5.74, 6) is 0. The highest BCUT2D eigenvalue weighted by Gasteiger charge is 2.16. The van der Waals surface area contributed by atoms with E-state index < -0.39 is 0 Å². The Kier molecular flexibility index (Phi) is 5.33. The minimum atomic E-state index is 0.522. The second kappa shape index (κ2) is 7.85. The Morgan fingerprint density at radius 2 is 2.00 bits per heavy atom. The van der Waals surface area contributed by atoms with Crippen LogP contribution >= 0.6 is 23.6 Å². The fraction of sp³-hybridized carbons (Fsp3) is 0.556. The van der Waals surface area contributed by atoms with Gasteiger partial charge in [-0.1, -0.05) is 30.6 Å². The van der Waals surface area contributed by atoms with Crippen LogP contribution < -0.4 is 15.5 Å². The lowest BCUT2D eigenvalue weighted by Gasteiger charge is -2.25. The van der Waals surface area contributed by atoms with Crippen LogP contribution in [0.2, 0.25) is 0 Å². The molecule has 0 unspecified atom stereocenters. The Labute approximate surface area is 157 Å². The molecule has 5 nitrogen and oxygen atoms in total. The van der Waals surface area contributed by atoms with Gasteiger partial charge in [0.1, 0.15) is 0 Å². The first-order valence-electron chi connectivity index (χ1n) is 9.09. The van der Waals surface area contributed by atoms with Crippen LogP contribution in [0.4, 0.5) is 10.8 Å². The summed E-state index contributed by atoms with van der Waals surface area (Å²) in [5.41, 5.74) is 2.07. The molecule has 0 bridgehead atoms. The summed E-state index contributed by atoms with van der Waals surface area (Å²) in [5, 5.41) is 8.60. The molecule has 2 fully saturated rings. The third-order valence-electron chi connectivity index (χ3n) is 4.86. The molecule has 1 aromatic heterocycles. The number of hydrogen-bond donors (Lipinski definition) is 2. The zero-order valence-electron chi connectivity index (χ0n) is 14.3. The maximum absolute atomic E-state index is 5.49. The van der Waals surface area contributed by atoms with Crippen molar-refractivity contribution in [1.29, 1.82) is 0 Å². The van der Waals surface area contributed by atoms with Crippen molar-refractivity contribution in [2.75, 3.05) is 36.5 Å². The van der Waals surface area contributed by atoms with E-state index in [1.165, 1.54) is 36.8 Å². The number of nitrogens with one attached hydrogen (secondary N) is 2. The second-order valence-electron chi connectivity index (χ2n) is 6.71. The standard InChI is InChI=1S/C18H24N4OS2/c24-17(19-13-4-2-1-3-5-13)20-14-6-7-15-16(12-14)25-18(21-15)22-8-10-23-11-9-22/h6-7,12-13H,1-5,8-11H2,(H2,19,20,24). The maximum atomic E-state index is 5.49. The molecule has 7 heteroatoms. The van der Waals surface area contributed by atoms with Crippen LogP contribution in [0.15, 0.2) is 18.2 Å². The third-order valence-corrected chi connectivity index (χ3v) is 6.16. The number of thiocarbonyl (C=S) groups is 1. The van der Waals surface area contributed by atoms with Gasteiger partial charge < -0.3 is 20.3 Å². The molecule has 0 atom stereocenters. The molecule has 0 radical (unpaired) electrons. The molecule has 4 rings (SSSR count). The number of benzene rings is 1. The largest absolute Gasteiger partial charge is 0.378 e. The molecule has 2 aliphatic rings. The number of aromatic nitrogens is 1. The molecule has 2 heterocycles. The van der Waals surface area contributed by atoms with Crippen molar-refractivity contribution < 1.29 is 4.74 Å². The molecular formula is C18H24N4OS2. The van der Waals surface area contributed by atoms with E-state index in [0.717, 1.165) is 47.8 Å². The molecule has 2 aromatic rings. The van der Waals surface area contributed by atoms with E-state index in [1.54, 1.807) is 11.3 Å². The summed E-state index contributed by atoms with van der Waals surface area (Å²) in [6.07, 6.45) is 6.40. The number of morpholine rings is 1. The van der Waals surface area contributed by atoms with Gasteiger partial charge in [0.15, 0.2) is 10.2 Å². The lowest BCUT2D eigenvalue weighted by atomic mass is 9.96. The number of fused-ring (bicyclic) bond motifs is 1. The van der Waals surface area contributed by atoms with E-state index in [9.17, 15) is 0 Å². The first kappa shape index (κ1) is 17.0. The lowest BCUT2D eigenvalue weighted by molar-refractivity contribution is 0.122. The van der Waals surface area contributed by atoms with Crippen molar-refractivity contribution in [3.8, 4) is 0 Å². The predicted molar refractivity (Wildman–Crippen MR) is 109 cm³/mol. The minimum Gasteiger partial charge on any atom is -0.378 e. The molecule has 1 aliphatic carbocycles. The molecule has 1 aromatic carbocycles. The molecule has 25 heavy (non-hydrogen) atoms. The van der Waals surface area contributed by atoms with Gasteiger partial charge in [-0.05, 0) is 43.3 Å². The monoisotopic (exact) mass is 376 g/mol. The van der Waals surface area contributed by atoms with Crippen LogP contribution in [0.1, 0.15) is 32.1 Å². The fourth-order valence-electron chi connectivity index (χ4n) is 3.48. The molecule has 134 valence electrons. The van der Waals surface area contributed by atoms with E-state index in [4.69, 9.17) is 21.9 Å². The maximum Gasteiger partial charge on any atom is 0.186 e. The van der Waals surface area contributed by atoms with Crippen LogP contribution in [0.3, 0.4) is 0 Å². The number of anilines is 2. The van der Waals surface area contributed by atoms with Gasteiger partial charge in [-0.15, -0.1) is 0 Å². The van der Waals surface area contributed by atoms with E-state index in [2.05, 4.69) is 33.7 Å². The summed E-state index contributed by atoms with van der Waals surface area (Å²) < 4.78 is 6.61. The molecule has 0 spiro atoms. The average Bonchev–Trinajstić information content (AvgIpc) is 3.06. The highest BCUT2D eigenvalue weighted by molar-refractivity contribution is 7.80. The Balaban J connectivity index is 1.42. The lowest BCUT2D eigenvalue weighted by Crippen LogP contribution is -2.38. The number of thiazole rings is 1. The van der Waals surface area contributed by atoms with Crippen molar-refractivity contribution in [3.63, 3.8) is 0 Å². The van der Waals surface area contributed by atoms with Crippen LogP contribution in [-0.4, -0.2) is 42.4 Å². The van der Waals surface area contributed by atoms with E-state index in [1.807, 2.05) is 0 Å². The molecule has 1 saturated carbocycles. The molecular weight excluding hydrogens is 352 g/mol. The van der Waals surface area contributed by atoms with Crippen molar-refractivity contribution in [3.05, 3.63) is 18.2 Å². The zero-order valence-corrected chi connectivity index (χ0v) is 15.9. The quantitative estimate of drug-likeness (QED) is 0.796. The summed E-state index contributed by atoms with van der Waals surface area (Å²) >= 11 is 7.23. The molecule has 2 N–H and O–H groups in total. The predicted octanol–water partition coefficient (Wildman–Crippen LogP) is 3.75. The van der Waals surface area contributed by atoms with Crippen LogP contribution in [0.25, 0.3) is 10.2 Å². The SMILES string of the molecule is S=C(Nc1ccc2nc(N3CCOCC3)sc2c1)NC1CCCCC1. The zero-order chi connectivity index (χ0) is 17.1. The molecule has 1 aliphatic heterocycles. The number of nitrogens with zero attached hydrogens (tertiary/aromatic N) is 2. The highest BCUT2D eigenvalue weighted by atomic mass is 32.1. The smallest absolute Gasteiger partial charge is 0.186 e. The van der Waals surface area contributed by atoms with Gasteiger partial charge >= 0.3 is 0 Å². The Bertz CT molecular complexity index is 736. The molecule has 1 saturated heterocycles. The van der Waals surface area contributed by atoms with E-state index in [-0.39, 0.29) is 0 Å². The van der Waals surface area contributed by atoms with Crippen molar-refractivity contribution >= 4 is 49.7 Å². The van der Waals surface area contributed by atoms with Gasteiger partial charge in [0, 0.05) is 24.8 Å². The van der Waals surface area contributed by atoms with Crippen LogP contribution in [0.5, 0.6) is 0 Å². The second-order valence-corrected chi connectivity index (χ2v) is 8.13. The van der Waals surface area contributed by atoms with E-state index in [0.29, 0.717) is 6.04 Å². The minimum absolute atomic E-state index is 0.522. The average molecular weight is 377 g/mol. The first-order valence-corrected chi connectivity index (χ1v) is 10.3. The fourth-order valence-corrected chi connectivity index (χ4v) is 4.82. The Morgan fingerprint density at radius 3 is 2.80 bits per heavy atom. The topological polar surface area (TPSA) is 49.4 Å². The van der Waals surface area contributed by atoms with Gasteiger partial charge in [0.2, 0.25) is 0 Å². The Morgan fingerprint density at radius 1 is 1.20 bits per heavy atom. The van der Waals surface area contributed by atoms with Crippen molar-refractivity contribution in [2.24, 2.45) is 0 Å². The van der Waals surface area contributed by atoms with Gasteiger partial charge in [0.25, 0.3) is 0 Å². The number of ether oxygens (including phenoxy) is 1. The molecule has 0 amide bonds. The van der Waals surface area contributed by atoms with Gasteiger partial charge in [-0.2, -0.15) is 0 Å². The van der Waals surface area contributed by atoms with Crippen molar-refractivity contribution in [2.45, 2.75) is 38.1 Å². The highest BCUT2D eigenvalue weighted by Crippen LogP contribution is 2.31. The normalized spacial score (nSPS) is 19.1. The Hall–Kier alpha value is -1.44. The van der Waals surface area contributed by atoms with Crippen LogP contribution in [0, 0.1) is 0 Å². The number of hydrogen-bond acceptors (Lipinski definition) is 5. The summed E-state index contributed by atoms with van der Waals surface area (Å²) in [4.78, 5) is 7.07. The van der Waals surface area contributed by atoms with Gasteiger partial charge in [-0.25, -0.2) is 4.98 Å². The van der Waals surface area contributed by atoms with Gasteiger partial charge in [-0.3, -0.25) is 0 Å². The summed E-state index contributed by atoms with van der Waals surface area (Å²) in [7, 11) is 0. The van der Waals surface area contributed by atoms with Gasteiger partial charge in [0.05, 0.1) is 23.4 Å². The van der Waals surface area contributed by atoms with E-state index >= 15 is 0 Å². The van der Waals surface area contributed by atoms with Crippen molar-refractivity contribution in [1.82, 2.24) is 10.3 Å². The third kappa shape index (κ3) is 4.22. The summed E-state index contributed by atoms with van der Waals surface area (Å²) in [6.45, 7) is 3.40. The van der Waals surface area contributed by atoms with Crippen LogP contribution in [-0.2, 0) is 4.74 Å².